The Bertz CT molecular complexity index is 337. The Hall–Kier alpha value is -1.53. The number of rotatable bonds is 2. The standard InChI is InChI=1S/C10H13N3/c1-7(12)4-9-3-2-8(6-11)5-10(9)13/h2-3,5,7H,4,12-13H2,1H3/t7-/m1/s1. The van der Waals surface area contributed by atoms with Gasteiger partial charge in [0.1, 0.15) is 0 Å². The van der Waals surface area contributed by atoms with Gasteiger partial charge in [0.2, 0.25) is 0 Å². The van der Waals surface area contributed by atoms with Crippen molar-refractivity contribution < 1.29 is 0 Å². The molecule has 1 aromatic rings. The van der Waals surface area contributed by atoms with Crippen molar-refractivity contribution in [2.24, 2.45) is 5.73 Å². The third-order valence-corrected chi connectivity index (χ3v) is 1.82. The third kappa shape index (κ3) is 2.46. The topological polar surface area (TPSA) is 75.8 Å². The molecule has 0 saturated heterocycles. The first-order chi connectivity index (χ1) is 6.13. The molecule has 0 aliphatic rings. The molecule has 0 saturated carbocycles. The lowest BCUT2D eigenvalue weighted by atomic mass is 10.0. The molecule has 0 heterocycles. The lowest BCUT2D eigenvalue weighted by Crippen LogP contribution is -2.18. The van der Waals surface area contributed by atoms with Crippen LogP contribution in [0.15, 0.2) is 18.2 Å². The highest BCUT2D eigenvalue weighted by Gasteiger charge is 2.02. The summed E-state index contributed by atoms with van der Waals surface area (Å²) in [6.07, 6.45) is 0.748. The molecule has 1 atom stereocenters. The van der Waals surface area contributed by atoms with Gasteiger partial charge in [-0.3, -0.25) is 0 Å². The zero-order valence-electron chi connectivity index (χ0n) is 7.62. The van der Waals surface area contributed by atoms with Crippen LogP contribution < -0.4 is 11.5 Å². The van der Waals surface area contributed by atoms with Crippen molar-refractivity contribution >= 4 is 5.69 Å². The van der Waals surface area contributed by atoms with Crippen molar-refractivity contribution in [2.75, 3.05) is 5.73 Å². The Morgan fingerprint density at radius 3 is 2.69 bits per heavy atom. The normalized spacial score (nSPS) is 12.1. The summed E-state index contributed by atoms with van der Waals surface area (Å²) in [6.45, 7) is 1.93. The Labute approximate surface area is 78.0 Å². The Balaban J connectivity index is 2.93. The summed E-state index contributed by atoms with van der Waals surface area (Å²) in [7, 11) is 0. The molecule has 1 aromatic carbocycles. The smallest absolute Gasteiger partial charge is 0.0992 e. The quantitative estimate of drug-likeness (QED) is 0.659. The molecule has 0 bridgehead atoms. The van der Waals surface area contributed by atoms with Crippen molar-refractivity contribution in [1.82, 2.24) is 0 Å². The predicted molar refractivity (Wildman–Crippen MR) is 52.9 cm³/mol. The molecule has 0 aromatic heterocycles. The van der Waals surface area contributed by atoms with Gasteiger partial charge in [0.15, 0.2) is 0 Å². The Kier molecular flexibility index (Phi) is 2.88. The molecule has 3 heteroatoms. The van der Waals surface area contributed by atoms with E-state index in [1.165, 1.54) is 0 Å². The van der Waals surface area contributed by atoms with Gasteiger partial charge in [0.25, 0.3) is 0 Å². The molecule has 0 aliphatic heterocycles. The van der Waals surface area contributed by atoms with Gasteiger partial charge < -0.3 is 11.5 Å². The van der Waals surface area contributed by atoms with Crippen LogP contribution in [-0.2, 0) is 6.42 Å². The summed E-state index contributed by atoms with van der Waals surface area (Å²) in [5.74, 6) is 0. The van der Waals surface area contributed by atoms with Crippen LogP contribution >= 0.6 is 0 Å². The van der Waals surface area contributed by atoms with Crippen LogP contribution in [0, 0.1) is 11.3 Å². The van der Waals surface area contributed by atoms with E-state index in [4.69, 9.17) is 16.7 Å². The summed E-state index contributed by atoms with van der Waals surface area (Å²) in [4.78, 5) is 0. The van der Waals surface area contributed by atoms with Gasteiger partial charge in [-0.15, -0.1) is 0 Å². The monoisotopic (exact) mass is 175 g/mol. The summed E-state index contributed by atoms with van der Waals surface area (Å²) in [5, 5.41) is 8.60. The number of hydrogen-bond acceptors (Lipinski definition) is 3. The van der Waals surface area contributed by atoms with Crippen molar-refractivity contribution in [3.63, 3.8) is 0 Å². The van der Waals surface area contributed by atoms with Gasteiger partial charge in [0.05, 0.1) is 11.6 Å². The zero-order valence-corrected chi connectivity index (χ0v) is 7.62. The molecule has 3 nitrogen and oxygen atoms in total. The fourth-order valence-corrected chi connectivity index (χ4v) is 1.20. The van der Waals surface area contributed by atoms with Gasteiger partial charge >= 0.3 is 0 Å². The number of benzene rings is 1. The maximum Gasteiger partial charge on any atom is 0.0992 e. The van der Waals surface area contributed by atoms with Crippen molar-refractivity contribution in [3.8, 4) is 6.07 Å². The van der Waals surface area contributed by atoms with E-state index in [0.717, 1.165) is 12.0 Å². The van der Waals surface area contributed by atoms with E-state index in [2.05, 4.69) is 0 Å². The van der Waals surface area contributed by atoms with Gasteiger partial charge in [-0.2, -0.15) is 5.26 Å². The van der Waals surface area contributed by atoms with Gasteiger partial charge in [-0.1, -0.05) is 6.07 Å². The molecule has 4 N–H and O–H groups in total. The highest BCUT2D eigenvalue weighted by molar-refractivity contribution is 5.52. The lowest BCUT2D eigenvalue weighted by Gasteiger charge is -2.08. The van der Waals surface area contributed by atoms with Gasteiger partial charge in [-0.25, -0.2) is 0 Å². The summed E-state index contributed by atoms with van der Waals surface area (Å²) >= 11 is 0. The fraction of sp³-hybridized carbons (Fsp3) is 0.300. The molecule has 0 amide bonds. The van der Waals surface area contributed by atoms with E-state index < -0.39 is 0 Å². The van der Waals surface area contributed by atoms with Crippen LogP contribution in [0.25, 0.3) is 0 Å². The SMILES string of the molecule is C[C@@H](N)Cc1ccc(C#N)cc1N. The lowest BCUT2D eigenvalue weighted by molar-refractivity contribution is 0.739. The maximum absolute atomic E-state index is 8.60. The van der Waals surface area contributed by atoms with Crippen LogP contribution in [-0.4, -0.2) is 6.04 Å². The molecular formula is C10H13N3. The minimum absolute atomic E-state index is 0.0928. The van der Waals surface area contributed by atoms with Gasteiger partial charge in [0, 0.05) is 11.7 Å². The molecule has 0 unspecified atom stereocenters. The fourth-order valence-electron chi connectivity index (χ4n) is 1.20. The molecule has 0 aliphatic carbocycles. The van der Waals surface area contributed by atoms with Crippen molar-refractivity contribution in [2.45, 2.75) is 19.4 Å². The number of hydrogen-bond donors (Lipinski definition) is 2. The van der Waals surface area contributed by atoms with Crippen molar-refractivity contribution in [1.29, 1.82) is 5.26 Å². The number of nitrogens with two attached hydrogens (primary N) is 2. The van der Waals surface area contributed by atoms with Crippen molar-refractivity contribution in [3.05, 3.63) is 29.3 Å². The molecular weight excluding hydrogens is 162 g/mol. The first-order valence-electron chi connectivity index (χ1n) is 4.17. The van der Waals surface area contributed by atoms with Crippen LogP contribution in [0.5, 0.6) is 0 Å². The van der Waals surface area contributed by atoms with E-state index in [0.29, 0.717) is 11.3 Å². The number of nitrogens with zero attached hydrogens (tertiary/aromatic N) is 1. The second kappa shape index (κ2) is 3.92. The Morgan fingerprint density at radius 1 is 1.54 bits per heavy atom. The average molecular weight is 175 g/mol. The van der Waals surface area contributed by atoms with E-state index in [-0.39, 0.29) is 6.04 Å². The van der Waals surface area contributed by atoms with E-state index in [1.807, 2.05) is 19.1 Å². The van der Waals surface area contributed by atoms with E-state index in [1.54, 1.807) is 12.1 Å². The van der Waals surface area contributed by atoms with E-state index >= 15 is 0 Å². The molecule has 0 radical (unpaired) electrons. The molecule has 13 heavy (non-hydrogen) atoms. The predicted octanol–water partition coefficient (Wildman–Crippen LogP) is 1.03. The average Bonchev–Trinajstić information content (AvgIpc) is 2.08. The van der Waals surface area contributed by atoms with E-state index in [9.17, 15) is 0 Å². The van der Waals surface area contributed by atoms with Crippen LogP contribution in [0.1, 0.15) is 18.1 Å². The summed E-state index contributed by atoms with van der Waals surface area (Å²) in [5.41, 5.74) is 13.6. The Morgan fingerprint density at radius 2 is 2.23 bits per heavy atom. The molecule has 1 rings (SSSR count). The second-order valence-electron chi connectivity index (χ2n) is 3.21. The highest BCUT2D eigenvalue weighted by atomic mass is 14.6. The first-order valence-corrected chi connectivity index (χ1v) is 4.17. The number of nitriles is 1. The molecule has 0 fully saturated rings. The highest BCUT2D eigenvalue weighted by Crippen LogP contribution is 2.15. The largest absolute Gasteiger partial charge is 0.398 e. The second-order valence-corrected chi connectivity index (χ2v) is 3.21. The summed E-state index contributed by atoms with van der Waals surface area (Å²) < 4.78 is 0. The first kappa shape index (κ1) is 9.56. The maximum atomic E-state index is 8.60. The summed E-state index contributed by atoms with van der Waals surface area (Å²) in [6, 6.07) is 7.42. The third-order valence-electron chi connectivity index (χ3n) is 1.82. The van der Waals surface area contributed by atoms with Gasteiger partial charge in [-0.05, 0) is 31.0 Å². The minimum atomic E-state index is 0.0928. The van der Waals surface area contributed by atoms with Crippen LogP contribution in [0.3, 0.4) is 0 Å². The minimum Gasteiger partial charge on any atom is -0.398 e. The molecule has 68 valence electrons. The zero-order chi connectivity index (χ0) is 9.84. The molecule has 0 spiro atoms. The number of anilines is 1. The van der Waals surface area contributed by atoms with Crippen LogP contribution in [0.2, 0.25) is 0 Å². The van der Waals surface area contributed by atoms with Crippen LogP contribution in [0.4, 0.5) is 5.69 Å². The number of nitrogen functional groups attached to an aromatic ring is 1.